The normalized spacial score (nSPS) is 22.3. The molecular formula is C20H25N2O2S+. The quantitative estimate of drug-likeness (QED) is 0.830. The van der Waals surface area contributed by atoms with Crippen LogP contribution in [0.4, 0.5) is 0 Å². The number of methoxy groups -OCH3 is 1. The Morgan fingerprint density at radius 2 is 2.16 bits per heavy atom. The highest BCUT2D eigenvalue weighted by Gasteiger charge is 2.43. The van der Waals surface area contributed by atoms with E-state index in [1.54, 1.807) is 7.11 Å². The lowest BCUT2D eigenvalue weighted by Crippen LogP contribution is -3.14. The molecule has 0 saturated heterocycles. The van der Waals surface area contributed by atoms with Gasteiger partial charge in [0.25, 0.3) is 5.91 Å². The Labute approximate surface area is 152 Å². The number of rotatable bonds is 6. The van der Waals surface area contributed by atoms with Crippen LogP contribution < -0.4 is 15.0 Å². The van der Waals surface area contributed by atoms with Crippen LogP contribution in [0.15, 0.2) is 35.7 Å². The monoisotopic (exact) mass is 357 g/mol. The largest absolute Gasteiger partial charge is 0.496 e. The van der Waals surface area contributed by atoms with Crippen LogP contribution >= 0.6 is 11.3 Å². The van der Waals surface area contributed by atoms with Gasteiger partial charge in [0.05, 0.1) is 13.7 Å². The molecule has 2 heterocycles. The van der Waals surface area contributed by atoms with Gasteiger partial charge in [-0.15, -0.1) is 11.3 Å². The Morgan fingerprint density at radius 3 is 2.96 bits per heavy atom. The lowest BCUT2D eigenvalue weighted by Gasteiger charge is -2.32. The molecule has 5 heteroatoms. The van der Waals surface area contributed by atoms with Crippen molar-refractivity contribution >= 4 is 17.2 Å². The molecule has 2 aromatic rings. The van der Waals surface area contributed by atoms with Crippen LogP contribution in [0.1, 0.15) is 34.9 Å². The highest BCUT2D eigenvalue weighted by atomic mass is 32.1. The summed E-state index contributed by atoms with van der Waals surface area (Å²) in [5, 5.41) is 5.29. The van der Waals surface area contributed by atoms with Gasteiger partial charge >= 0.3 is 0 Å². The summed E-state index contributed by atoms with van der Waals surface area (Å²) in [5.41, 5.74) is 2.53. The van der Waals surface area contributed by atoms with E-state index >= 15 is 0 Å². The van der Waals surface area contributed by atoms with Crippen molar-refractivity contribution in [3.8, 4) is 5.75 Å². The van der Waals surface area contributed by atoms with Gasteiger partial charge in [-0.1, -0.05) is 18.2 Å². The van der Waals surface area contributed by atoms with E-state index in [1.165, 1.54) is 28.2 Å². The van der Waals surface area contributed by atoms with Crippen LogP contribution in [0.3, 0.4) is 0 Å². The number of amides is 1. The van der Waals surface area contributed by atoms with E-state index < -0.39 is 0 Å². The number of benzene rings is 1. The summed E-state index contributed by atoms with van der Waals surface area (Å²) in [4.78, 5) is 15.5. The number of nitrogens with one attached hydrogen (secondary N) is 2. The average Bonchev–Trinajstić information content (AvgIpc) is 3.36. The van der Waals surface area contributed by atoms with Gasteiger partial charge in [0.15, 0.2) is 6.54 Å². The summed E-state index contributed by atoms with van der Waals surface area (Å²) in [6.07, 6.45) is 3.73. The second-order valence-electron chi connectivity index (χ2n) is 7.04. The summed E-state index contributed by atoms with van der Waals surface area (Å²) < 4.78 is 5.36. The lowest BCUT2D eigenvalue weighted by molar-refractivity contribution is -0.928. The van der Waals surface area contributed by atoms with E-state index in [0.717, 1.165) is 30.2 Å². The number of para-hydroxylation sites is 1. The molecule has 1 aromatic carbocycles. The summed E-state index contributed by atoms with van der Waals surface area (Å²) in [5.74, 6) is 1.72. The van der Waals surface area contributed by atoms with Gasteiger partial charge in [-0.05, 0) is 30.4 Å². The second kappa shape index (κ2) is 7.18. The number of carbonyl (C=O) groups is 1. The summed E-state index contributed by atoms with van der Waals surface area (Å²) in [6, 6.07) is 10.7. The molecule has 2 N–H and O–H groups in total. The number of quaternary nitrogens is 1. The Bertz CT molecular complexity index is 754. The molecule has 4 nitrogen and oxygen atoms in total. The number of hydrogen-bond donors (Lipinski definition) is 2. The van der Waals surface area contributed by atoms with Gasteiger partial charge in [0.1, 0.15) is 11.8 Å². The van der Waals surface area contributed by atoms with E-state index in [-0.39, 0.29) is 5.91 Å². The fourth-order valence-electron chi connectivity index (χ4n) is 4.01. The van der Waals surface area contributed by atoms with Crippen molar-refractivity contribution in [1.29, 1.82) is 0 Å². The predicted octanol–water partition coefficient (Wildman–Crippen LogP) is 1.97. The molecule has 1 saturated carbocycles. The molecule has 1 aromatic heterocycles. The van der Waals surface area contributed by atoms with Crippen molar-refractivity contribution in [2.75, 3.05) is 20.2 Å². The van der Waals surface area contributed by atoms with Crippen LogP contribution in [-0.2, 0) is 17.8 Å². The van der Waals surface area contributed by atoms with Gasteiger partial charge in [-0.25, -0.2) is 0 Å². The van der Waals surface area contributed by atoms with Crippen LogP contribution in [0.5, 0.6) is 5.75 Å². The number of ether oxygens (including phenoxy) is 1. The number of fused-ring (bicyclic) bond motifs is 1. The molecule has 0 bridgehead atoms. The van der Waals surface area contributed by atoms with Gasteiger partial charge in [-0.3, -0.25) is 4.79 Å². The van der Waals surface area contributed by atoms with Crippen LogP contribution in [0, 0.1) is 5.92 Å². The second-order valence-corrected chi connectivity index (χ2v) is 8.04. The van der Waals surface area contributed by atoms with Crippen LogP contribution in [0.2, 0.25) is 0 Å². The van der Waals surface area contributed by atoms with E-state index in [4.69, 9.17) is 4.74 Å². The lowest BCUT2D eigenvalue weighted by atomic mass is 9.96. The third-order valence-corrected chi connectivity index (χ3v) is 6.37. The first-order valence-electron chi connectivity index (χ1n) is 9.05. The third-order valence-electron chi connectivity index (χ3n) is 5.38. The summed E-state index contributed by atoms with van der Waals surface area (Å²) in [6.45, 7) is 2.15. The Kier molecular flexibility index (Phi) is 4.77. The van der Waals surface area contributed by atoms with E-state index in [0.29, 0.717) is 19.1 Å². The maximum Gasteiger partial charge on any atom is 0.275 e. The number of hydrogen-bond acceptors (Lipinski definition) is 3. The molecule has 25 heavy (non-hydrogen) atoms. The van der Waals surface area contributed by atoms with Gasteiger partial charge in [0, 0.05) is 34.9 Å². The zero-order valence-corrected chi connectivity index (χ0v) is 15.4. The number of carbonyl (C=O) groups excluding carboxylic acids is 1. The molecule has 0 radical (unpaired) electrons. The number of thiophene rings is 1. The zero-order chi connectivity index (χ0) is 17.2. The fraction of sp³-hybridized carbons (Fsp3) is 0.450. The van der Waals surface area contributed by atoms with Crippen molar-refractivity contribution in [2.24, 2.45) is 5.92 Å². The highest BCUT2D eigenvalue weighted by molar-refractivity contribution is 7.10. The summed E-state index contributed by atoms with van der Waals surface area (Å²) >= 11 is 1.88. The topological polar surface area (TPSA) is 42.8 Å². The minimum absolute atomic E-state index is 0.130. The van der Waals surface area contributed by atoms with Crippen LogP contribution in [-0.4, -0.2) is 26.1 Å². The molecular weight excluding hydrogens is 332 g/mol. The Balaban J connectivity index is 1.39. The molecule has 1 fully saturated rings. The zero-order valence-electron chi connectivity index (χ0n) is 14.6. The molecule has 4 rings (SSSR count). The minimum Gasteiger partial charge on any atom is -0.496 e. The van der Waals surface area contributed by atoms with Crippen molar-refractivity contribution in [3.63, 3.8) is 0 Å². The standard InChI is InChI=1S/C20H24N2O2S/c1-24-17-5-3-2-4-15(17)12-21-19(23)13-22-10-8-18-16(9-11-25-18)20(22)14-6-7-14/h2-5,9,11,14,20H,6-8,10,12-13H2,1H3,(H,21,23)/p+1/t20-/m0/s1. The predicted molar refractivity (Wildman–Crippen MR) is 99.0 cm³/mol. The fourth-order valence-corrected chi connectivity index (χ4v) is 4.94. The maximum atomic E-state index is 12.6. The first kappa shape index (κ1) is 16.6. The average molecular weight is 357 g/mol. The van der Waals surface area contributed by atoms with Gasteiger partial charge in [-0.2, -0.15) is 0 Å². The van der Waals surface area contributed by atoms with Crippen LogP contribution in [0.25, 0.3) is 0 Å². The van der Waals surface area contributed by atoms with Crippen molar-refractivity contribution in [2.45, 2.75) is 31.8 Å². The molecule has 2 aliphatic rings. The molecule has 2 atom stereocenters. The third kappa shape index (κ3) is 3.58. The molecule has 132 valence electrons. The van der Waals surface area contributed by atoms with E-state index in [1.807, 2.05) is 35.6 Å². The van der Waals surface area contributed by atoms with E-state index in [2.05, 4.69) is 16.8 Å². The van der Waals surface area contributed by atoms with Gasteiger partial charge < -0.3 is 15.0 Å². The molecule has 1 aliphatic heterocycles. The first-order chi connectivity index (χ1) is 12.3. The Morgan fingerprint density at radius 1 is 1.32 bits per heavy atom. The van der Waals surface area contributed by atoms with Crippen molar-refractivity contribution in [3.05, 3.63) is 51.7 Å². The van der Waals surface area contributed by atoms with Crippen molar-refractivity contribution in [1.82, 2.24) is 5.32 Å². The SMILES string of the molecule is COc1ccccc1CNC(=O)C[NH+]1CCc2sccc2[C@@H]1C1CC1. The first-order valence-corrected chi connectivity index (χ1v) is 9.93. The Hall–Kier alpha value is -1.85. The van der Waals surface area contributed by atoms with E-state index in [9.17, 15) is 4.79 Å². The minimum atomic E-state index is 0.130. The molecule has 1 unspecified atom stereocenters. The highest BCUT2D eigenvalue weighted by Crippen LogP contribution is 2.42. The molecule has 0 spiro atoms. The molecule has 1 aliphatic carbocycles. The van der Waals surface area contributed by atoms with Gasteiger partial charge in [0.2, 0.25) is 0 Å². The maximum absolute atomic E-state index is 12.6. The molecule has 1 amide bonds. The summed E-state index contributed by atoms with van der Waals surface area (Å²) in [7, 11) is 1.66. The van der Waals surface area contributed by atoms with Crippen molar-refractivity contribution < 1.29 is 14.4 Å². The smallest absolute Gasteiger partial charge is 0.275 e.